The van der Waals surface area contributed by atoms with Crippen molar-refractivity contribution in [1.29, 1.82) is 5.26 Å². The fourth-order valence-corrected chi connectivity index (χ4v) is 1.35. The van der Waals surface area contributed by atoms with Crippen LogP contribution in [-0.2, 0) is 0 Å². The summed E-state index contributed by atoms with van der Waals surface area (Å²) in [6.45, 7) is 2.66. The van der Waals surface area contributed by atoms with E-state index in [1.165, 1.54) is 0 Å². The Hall–Kier alpha value is -1.24. The van der Waals surface area contributed by atoms with Gasteiger partial charge in [-0.3, -0.25) is 0 Å². The van der Waals surface area contributed by atoms with Crippen molar-refractivity contribution in [2.24, 2.45) is 5.92 Å². The van der Waals surface area contributed by atoms with Crippen molar-refractivity contribution < 1.29 is 5.11 Å². The maximum Gasteiger partial charge on any atom is 0.103 e. The second-order valence-corrected chi connectivity index (χ2v) is 3.85. The van der Waals surface area contributed by atoms with Gasteiger partial charge in [-0.25, -0.2) is 0 Å². The van der Waals surface area contributed by atoms with Crippen LogP contribution in [-0.4, -0.2) is 18.3 Å². The van der Waals surface area contributed by atoms with Crippen LogP contribution in [0.5, 0.6) is 0 Å². The summed E-state index contributed by atoms with van der Waals surface area (Å²) < 4.78 is 0. The van der Waals surface area contributed by atoms with Crippen molar-refractivity contribution in [2.45, 2.75) is 6.92 Å². The average molecular weight is 225 g/mol. The summed E-state index contributed by atoms with van der Waals surface area (Å²) in [6, 6.07) is 7.32. The number of halogens is 1. The molecule has 80 valence electrons. The van der Waals surface area contributed by atoms with Crippen LogP contribution < -0.4 is 5.32 Å². The van der Waals surface area contributed by atoms with Crippen LogP contribution in [0, 0.1) is 17.2 Å². The molecule has 1 atom stereocenters. The molecule has 1 aromatic carbocycles. The minimum absolute atomic E-state index is 0.120. The first kappa shape index (κ1) is 11.8. The normalized spacial score (nSPS) is 11.9. The van der Waals surface area contributed by atoms with Crippen LogP contribution in [0.3, 0.4) is 0 Å². The smallest absolute Gasteiger partial charge is 0.103 e. The molecule has 0 aliphatic heterocycles. The van der Waals surface area contributed by atoms with Crippen molar-refractivity contribution in [2.75, 3.05) is 18.5 Å². The summed E-state index contributed by atoms with van der Waals surface area (Å²) >= 11 is 5.87. The van der Waals surface area contributed by atoms with Gasteiger partial charge in [0.2, 0.25) is 0 Å². The maximum atomic E-state index is 8.90. The van der Waals surface area contributed by atoms with E-state index in [4.69, 9.17) is 22.0 Å². The molecule has 4 heteroatoms. The number of anilines is 1. The lowest BCUT2D eigenvalue weighted by atomic mass is 10.1. The van der Waals surface area contributed by atoms with Crippen LogP contribution in [0.25, 0.3) is 0 Å². The highest BCUT2D eigenvalue weighted by atomic mass is 35.5. The van der Waals surface area contributed by atoms with E-state index in [1.54, 1.807) is 18.2 Å². The first-order chi connectivity index (χ1) is 7.19. The van der Waals surface area contributed by atoms with Crippen molar-refractivity contribution >= 4 is 17.3 Å². The van der Waals surface area contributed by atoms with Crippen LogP contribution in [0.1, 0.15) is 12.5 Å². The predicted octanol–water partition coefficient (Wildman–Crippen LogP) is 2.25. The molecule has 0 amide bonds. The number of rotatable bonds is 4. The molecule has 0 radical (unpaired) electrons. The fraction of sp³-hybridized carbons (Fsp3) is 0.364. The van der Waals surface area contributed by atoms with Crippen molar-refractivity contribution in [3.05, 3.63) is 28.8 Å². The molecule has 1 unspecified atom stereocenters. The molecule has 0 aliphatic carbocycles. The van der Waals surface area contributed by atoms with Gasteiger partial charge in [-0.15, -0.1) is 0 Å². The first-order valence-corrected chi connectivity index (χ1v) is 5.10. The van der Waals surface area contributed by atoms with Gasteiger partial charge in [0.05, 0.1) is 16.3 Å². The molecular weight excluding hydrogens is 212 g/mol. The van der Waals surface area contributed by atoms with E-state index < -0.39 is 0 Å². The van der Waals surface area contributed by atoms with E-state index in [2.05, 4.69) is 5.32 Å². The summed E-state index contributed by atoms with van der Waals surface area (Å²) in [5.41, 5.74) is 1.16. The predicted molar refractivity (Wildman–Crippen MR) is 60.9 cm³/mol. The van der Waals surface area contributed by atoms with Crippen LogP contribution in [0.4, 0.5) is 5.69 Å². The number of aliphatic hydroxyl groups excluding tert-OH is 1. The lowest BCUT2D eigenvalue weighted by Crippen LogP contribution is -2.15. The van der Waals surface area contributed by atoms with Crippen LogP contribution >= 0.6 is 11.6 Å². The number of nitrogens with zero attached hydrogens (tertiary/aromatic N) is 1. The summed E-state index contributed by atoms with van der Waals surface area (Å²) in [7, 11) is 0. The Kier molecular flexibility index (Phi) is 4.41. The van der Waals surface area contributed by atoms with Gasteiger partial charge in [0.1, 0.15) is 6.07 Å². The van der Waals surface area contributed by atoms with E-state index in [1.807, 2.05) is 13.0 Å². The zero-order valence-corrected chi connectivity index (χ0v) is 9.25. The quantitative estimate of drug-likeness (QED) is 0.825. The second kappa shape index (κ2) is 5.59. The molecule has 1 aromatic rings. The van der Waals surface area contributed by atoms with Crippen molar-refractivity contribution in [1.82, 2.24) is 0 Å². The van der Waals surface area contributed by atoms with Gasteiger partial charge in [0, 0.05) is 13.2 Å². The van der Waals surface area contributed by atoms with Crippen molar-refractivity contribution in [3.63, 3.8) is 0 Å². The van der Waals surface area contributed by atoms with E-state index in [0.717, 1.165) is 0 Å². The van der Waals surface area contributed by atoms with Crippen LogP contribution in [0.2, 0.25) is 5.02 Å². The number of benzene rings is 1. The number of hydrogen-bond donors (Lipinski definition) is 2. The number of hydrogen-bond acceptors (Lipinski definition) is 3. The van der Waals surface area contributed by atoms with Gasteiger partial charge in [-0.2, -0.15) is 5.26 Å². The van der Waals surface area contributed by atoms with Gasteiger partial charge >= 0.3 is 0 Å². The average Bonchev–Trinajstić information content (AvgIpc) is 2.25. The summed E-state index contributed by atoms with van der Waals surface area (Å²) in [5.74, 6) is 0.149. The third-order valence-electron chi connectivity index (χ3n) is 2.08. The van der Waals surface area contributed by atoms with Gasteiger partial charge in [-0.05, 0) is 18.1 Å². The first-order valence-electron chi connectivity index (χ1n) is 4.72. The topological polar surface area (TPSA) is 56.0 Å². The SMILES string of the molecule is CC(CO)CNc1cccc(Cl)c1C#N. The Bertz CT molecular complexity index is 373. The molecule has 0 spiro atoms. The molecule has 0 aromatic heterocycles. The number of nitrogens with one attached hydrogen (secondary N) is 1. The molecule has 0 fully saturated rings. The van der Waals surface area contributed by atoms with Crippen molar-refractivity contribution in [3.8, 4) is 6.07 Å². The Morgan fingerprint density at radius 3 is 2.93 bits per heavy atom. The zero-order valence-electron chi connectivity index (χ0n) is 8.50. The summed E-state index contributed by atoms with van der Waals surface area (Å²) in [6.07, 6.45) is 0. The zero-order chi connectivity index (χ0) is 11.3. The molecule has 0 aliphatic rings. The third-order valence-corrected chi connectivity index (χ3v) is 2.39. The van der Waals surface area contributed by atoms with E-state index in [0.29, 0.717) is 22.8 Å². The molecule has 2 N–H and O–H groups in total. The Morgan fingerprint density at radius 1 is 1.60 bits per heavy atom. The highest BCUT2D eigenvalue weighted by Crippen LogP contribution is 2.23. The maximum absolute atomic E-state index is 8.90. The monoisotopic (exact) mass is 224 g/mol. The molecular formula is C11H13ClN2O. The van der Waals surface area contributed by atoms with E-state index >= 15 is 0 Å². The molecule has 1 rings (SSSR count). The van der Waals surface area contributed by atoms with Crippen LogP contribution in [0.15, 0.2) is 18.2 Å². The lowest BCUT2D eigenvalue weighted by molar-refractivity contribution is 0.244. The standard InChI is InChI=1S/C11H13ClN2O/c1-8(7-15)6-14-11-4-2-3-10(12)9(11)5-13/h2-4,8,14-15H,6-7H2,1H3. The Balaban J connectivity index is 2.77. The van der Waals surface area contributed by atoms with Gasteiger partial charge in [0.15, 0.2) is 0 Å². The Morgan fingerprint density at radius 2 is 2.33 bits per heavy atom. The second-order valence-electron chi connectivity index (χ2n) is 3.44. The molecule has 0 saturated carbocycles. The fourth-order valence-electron chi connectivity index (χ4n) is 1.13. The molecule has 3 nitrogen and oxygen atoms in total. The lowest BCUT2D eigenvalue weighted by Gasteiger charge is -2.12. The summed E-state index contributed by atoms with van der Waals surface area (Å²) in [4.78, 5) is 0. The third kappa shape index (κ3) is 3.12. The van der Waals surface area contributed by atoms with E-state index in [-0.39, 0.29) is 12.5 Å². The number of aliphatic hydroxyl groups is 1. The molecule has 15 heavy (non-hydrogen) atoms. The number of nitriles is 1. The highest BCUT2D eigenvalue weighted by molar-refractivity contribution is 6.32. The van der Waals surface area contributed by atoms with E-state index in [9.17, 15) is 0 Å². The van der Waals surface area contributed by atoms with Gasteiger partial charge < -0.3 is 10.4 Å². The minimum Gasteiger partial charge on any atom is -0.396 e. The van der Waals surface area contributed by atoms with Gasteiger partial charge in [-0.1, -0.05) is 24.6 Å². The molecule has 0 heterocycles. The Labute approximate surface area is 94.3 Å². The largest absolute Gasteiger partial charge is 0.396 e. The molecule has 0 bridgehead atoms. The molecule has 0 saturated heterocycles. The highest BCUT2D eigenvalue weighted by Gasteiger charge is 2.06. The minimum atomic E-state index is 0.120. The van der Waals surface area contributed by atoms with Gasteiger partial charge in [0.25, 0.3) is 0 Å². The summed E-state index contributed by atoms with van der Waals surface area (Å²) in [5, 5.41) is 21.3.